The van der Waals surface area contributed by atoms with Gasteiger partial charge in [-0.25, -0.2) is 0 Å². The Morgan fingerprint density at radius 1 is 1.38 bits per heavy atom. The highest BCUT2D eigenvalue weighted by atomic mass is 79.9. The van der Waals surface area contributed by atoms with E-state index < -0.39 is 6.04 Å². The van der Waals surface area contributed by atoms with Crippen LogP contribution in [-0.4, -0.2) is 22.1 Å². The summed E-state index contributed by atoms with van der Waals surface area (Å²) in [6.45, 7) is 3.96. The van der Waals surface area contributed by atoms with E-state index in [9.17, 15) is 4.79 Å². The molecule has 0 bridgehead atoms. The van der Waals surface area contributed by atoms with Crippen molar-refractivity contribution >= 4 is 38.3 Å². The first kappa shape index (κ1) is 16.1. The van der Waals surface area contributed by atoms with E-state index in [0.717, 1.165) is 21.5 Å². The minimum absolute atomic E-state index is 0.129. The van der Waals surface area contributed by atoms with Crippen LogP contribution in [0.1, 0.15) is 20.3 Å². The summed E-state index contributed by atoms with van der Waals surface area (Å²) in [5.74, 6) is -0.0910. The largest absolute Gasteiger partial charge is 0.320 e. The van der Waals surface area contributed by atoms with Crippen molar-refractivity contribution in [3.05, 3.63) is 28.7 Å². The Kier molecular flexibility index (Phi) is 5.44. The minimum Gasteiger partial charge on any atom is -0.320 e. The lowest BCUT2D eigenvalue weighted by molar-refractivity contribution is -0.118. The normalized spacial score (nSPS) is 13.7. The molecule has 5 nitrogen and oxygen atoms in total. The predicted octanol–water partition coefficient (Wildman–Crippen LogP) is 3.28. The Bertz CT molecular complexity index is 614. The van der Waals surface area contributed by atoms with Gasteiger partial charge < -0.3 is 5.73 Å². The van der Waals surface area contributed by atoms with Gasteiger partial charge in [0.25, 0.3) is 0 Å². The number of aromatic nitrogens is 2. The zero-order valence-corrected chi connectivity index (χ0v) is 14.2. The van der Waals surface area contributed by atoms with Crippen molar-refractivity contribution in [3.8, 4) is 10.6 Å². The lowest BCUT2D eigenvalue weighted by Gasteiger charge is -2.16. The van der Waals surface area contributed by atoms with Crippen LogP contribution in [0.5, 0.6) is 0 Å². The number of nitrogens with one attached hydrogen (secondary N) is 1. The molecule has 1 amide bonds. The molecule has 0 unspecified atom stereocenters. The van der Waals surface area contributed by atoms with Crippen LogP contribution in [0.2, 0.25) is 0 Å². The second kappa shape index (κ2) is 7.11. The van der Waals surface area contributed by atoms with Gasteiger partial charge in [0.1, 0.15) is 5.01 Å². The third kappa shape index (κ3) is 4.09. The predicted molar refractivity (Wildman–Crippen MR) is 89.1 cm³/mol. The first-order valence-corrected chi connectivity index (χ1v) is 8.28. The molecule has 112 valence electrons. The molecule has 1 aromatic carbocycles. The van der Waals surface area contributed by atoms with Crippen molar-refractivity contribution in [3.63, 3.8) is 0 Å². The Labute approximate surface area is 136 Å². The summed E-state index contributed by atoms with van der Waals surface area (Å²) < 4.78 is 1.00. The molecule has 1 heterocycles. The standard InChI is InChI=1S/C14H17BrN4OS/c1-3-8(2)11(16)12(20)17-14-19-18-13(21-14)9-4-6-10(15)7-5-9/h4-8,11H,3,16H2,1-2H3,(H,17,19,20)/t8-,11+/m1/s1. The third-order valence-corrected chi connectivity index (χ3v) is 4.72. The number of anilines is 1. The minimum atomic E-state index is -0.532. The van der Waals surface area contributed by atoms with E-state index in [1.54, 1.807) is 0 Å². The van der Waals surface area contributed by atoms with Crippen molar-refractivity contribution in [1.82, 2.24) is 10.2 Å². The average molecular weight is 369 g/mol. The number of nitrogens with zero attached hydrogens (tertiary/aromatic N) is 2. The highest BCUT2D eigenvalue weighted by molar-refractivity contribution is 9.10. The van der Waals surface area contributed by atoms with E-state index in [1.165, 1.54) is 11.3 Å². The SMILES string of the molecule is CC[C@@H](C)[C@H](N)C(=O)Nc1nnc(-c2ccc(Br)cc2)s1. The van der Waals surface area contributed by atoms with Crippen LogP contribution in [0, 0.1) is 5.92 Å². The highest BCUT2D eigenvalue weighted by Crippen LogP contribution is 2.27. The van der Waals surface area contributed by atoms with Crippen LogP contribution in [0.25, 0.3) is 10.6 Å². The second-order valence-corrected chi connectivity index (χ2v) is 6.71. The fourth-order valence-electron chi connectivity index (χ4n) is 1.68. The van der Waals surface area contributed by atoms with Gasteiger partial charge in [-0.1, -0.05) is 59.7 Å². The first-order chi connectivity index (χ1) is 10.0. The van der Waals surface area contributed by atoms with Gasteiger partial charge in [-0.3, -0.25) is 10.1 Å². The Balaban J connectivity index is 2.06. The first-order valence-electron chi connectivity index (χ1n) is 6.67. The Hall–Kier alpha value is -1.31. The van der Waals surface area contributed by atoms with Crippen LogP contribution in [0.3, 0.4) is 0 Å². The van der Waals surface area contributed by atoms with Gasteiger partial charge in [0.05, 0.1) is 6.04 Å². The molecular weight excluding hydrogens is 352 g/mol. The van der Waals surface area contributed by atoms with Gasteiger partial charge in [0, 0.05) is 10.0 Å². The molecule has 0 aliphatic rings. The van der Waals surface area contributed by atoms with Gasteiger partial charge >= 0.3 is 0 Å². The fraction of sp³-hybridized carbons (Fsp3) is 0.357. The summed E-state index contributed by atoms with van der Waals surface area (Å²) in [4.78, 5) is 12.0. The molecule has 2 atom stereocenters. The molecule has 0 fully saturated rings. The number of nitrogens with two attached hydrogens (primary N) is 1. The van der Waals surface area contributed by atoms with Gasteiger partial charge in [0.2, 0.25) is 11.0 Å². The number of amides is 1. The number of hydrogen-bond acceptors (Lipinski definition) is 5. The summed E-state index contributed by atoms with van der Waals surface area (Å²) in [6.07, 6.45) is 0.856. The summed E-state index contributed by atoms with van der Waals surface area (Å²) in [5, 5.41) is 12.0. The highest BCUT2D eigenvalue weighted by Gasteiger charge is 2.20. The number of carbonyl (C=O) groups excluding carboxylic acids is 1. The van der Waals surface area contributed by atoms with Crippen molar-refractivity contribution < 1.29 is 4.79 Å². The van der Waals surface area contributed by atoms with Crippen molar-refractivity contribution in [1.29, 1.82) is 0 Å². The van der Waals surface area contributed by atoms with Crippen molar-refractivity contribution in [2.45, 2.75) is 26.3 Å². The van der Waals surface area contributed by atoms with Crippen molar-refractivity contribution in [2.24, 2.45) is 11.7 Å². The molecule has 0 radical (unpaired) electrons. The molecule has 21 heavy (non-hydrogen) atoms. The van der Waals surface area contributed by atoms with Crippen LogP contribution in [0.4, 0.5) is 5.13 Å². The van der Waals surface area contributed by atoms with Gasteiger partial charge in [-0.05, 0) is 18.1 Å². The van der Waals surface area contributed by atoms with E-state index in [4.69, 9.17) is 5.73 Å². The topological polar surface area (TPSA) is 80.9 Å². The zero-order chi connectivity index (χ0) is 15.4. The van der Waals surface area contributed by atoms with Crippen LogP contribution < -0.4 is 11.1 Å². The molecule has 0 saturated heterocycles. The van der Waals surface area contributed by atoms with E-state index in [-0.39, 0.29) is 11.8 Å². The van der Waals surface area contributed by atoms with E-state index in [2.05, 4.69) is 31.4 Å². The molecule has 0 spiro atoms. The molecule has 3 N–H and O–H groups in total. The Morgan fingerprint density at radius 3 is 2.67 bits per heavy atom. The lowest BCUT2D eigenvalue weighted by Crippen LogP contribution is -2.40. The maximum absolute atomic E-state index is 12.0. The molecule has 0 aliphatic carbocycles. The Morgan fingerprint density at radius 2 is 2.05 bits per heavy atom. The number of rotatable bonds is 5. The number of halogens is 1. The van der Waals surface area contributed by atoms with E-state index in [1.807, 2.05) is 38.1 Å². The summed E-state index contributed by atoms with van der Waals surface area (Å²) in [5.41, 5.74) is 6.85. The maximum atomic E-state index is 12.0. The van der Waals surface area contributed by atoms with Crippen molar-refractivity contribution in [2.75, 3.05) is 5.32 Å². The van der Waals surface area contributed by atoms with Gasteiger partial charge in [-0.2, -0.15) is 0 Å². The van der Waals surface area contributed by atoms with Gasteiger partial charge in [-0.15, -0.1) is 10.2 Å². The van der Waals surface area contributed by atoms with Gasteiger partial charge in [0.15, 0.2) is 0 Å². The molecule has 2 aromatic rings. The van der Waals surface area contributed by atoms with Crippen LogP contribution >= 0.6 is 27.3 Å². The number of benzene rings is 1. The lowest BCUT2D eigenvalue weighted by atomic mass is 10.00. The fourth-order valence-corrected chi connectivity index (χ4v) is 2.70. The summed E-state index contributed by atoms with van der Waals surface area (Å²) in [7, 11) is 0. The quantitative estimate of drug-likeness (QED) is 0.848. The summed E-state index contributed by atoms with van der Waals surface area (Å²) >= 11 is 4.72. The zero-order valence-electron chi connectivity index (χ0n) is 11.8. The van der Waals surface area contributed by atoms with Crippen LogP contribution in [0.15, 0.2) is 28.7 Å². The van der Waals surface area contributed by atoms with E-state index in [0.29, 0.717) is 5.13 Å². The maximum Gasteiger partial charge on any atom is 0.243 e. The third-order valence-electron chi connectivity index (χ3n) is 3.31. The molecule has 0 aliphatic heterocycles. The summed E-state index contributed by atoms with van der Waals surface area (Å²) in [6, 6.07) is 7.24. The number of carbonyl (C=O) groups is 1. The monoisotopic (exact) mass is 368 g/mol. The number of hydrogen-bond donors (Lipinski definition) is 2. The van der Waals surface area contributed by atoms with Crippen LogP contribution in [-0.2, 0) is 4.79 Å². The van der Waals surface area contributed by atoms with E-state index >= 15 is 0 Å². The molecular formula is C14H17BrN4OS. The molecule has 2 rings (SSSR count). The second-order valence-electron chi connectivity index (χ2n) is 4.82. The smallest absolute Gasteiger partial charge is 0.243 e. The molecule has 1 aromatic heterocycles. The molecule has 7 heteroatoms. The average Bonchev–Trinajstić information content (AvgIpc) is 2.94. The molecule has 0 saturated carbocycles.